The van der Waals surface area contributed by atoms with Gasteiger partial charge in [-0.25, -0.2) is 0 Å². The third-order valence-corrected chi connectivity index (χ3v) is 2.38. The maximum absolute atomic E-state index is 8.87. The van der Waals surface area contributed by atoms with Crippen molar-refractivity contribution in [3.05, 3.63) is 0 Å². The van der Waals surface area contributed by atoms with Gasteiger partial charge in [-0.3, -0.25) is 0 Å². The van der Waals surface area contributed by atoms with Gasteiger partial charge in [-0.2, -0.15) is 0 Å². The van der Waals surface area contributed by atoms with Crippen molar-refractivity contribution < 1.29 is 5.21 Å². The minimum Gasteiger partial charge on any atom is -0.411 e. The molecule has 0 aromatic heterocycles. The molecule has 0 amide bonds. The highest BCUT2D eigenvalue weighted by atomic mass is 16.4. The zero-order chi connectivity index (χ0) is 10.1. The lowest BCUT2D eigenvalue weighted by atomic mass is 9.91. The molecule has 0 atom stereocenters. The van der Waals surface area contributed by atoms with E-state index in [0.717, 1.165) is 31.4 Å². The smallest absolute Gasteiger partial charge is 0.0601 e. The zero-order valence-corrected chi connectivity index (χ0v) is 9.21. The van der Waals surface area contributed by atoms with Crippen LogP contribution in [0.2, 0.25) is 0 Å². The van der Waals surface area contributed by atoms with Crippen molar-refractivity contribution in [2.24, 2.45) is 11.1 Å². The van der Waals surface area contributed by atoms with Gasteiger partial charge in [0.15, 0.2) is 0 Å². The standard InChI is InChI=1S/C11H23NO/c1-4-7-10(8-5-2)11(12-13)9-6-3/h10,13H,4-9H2,1-3H3/b12-11+. The lowest BCUT2D eigenvalue weighted by Gasteiger charge is -2.15. The summed E-state index contributed by atoms with van der Waals surface area (Å²) in [5, 5.41) is 12.3. The van der Waals surface area contributed by atoms with E-state index >= 15 is 0 Å². The molecule has 0 rings (SSSR count). The average molecular weight is 185 g/mol. The normalized spacial score (nSPS) is 12.5. The third-order valence-electron chi connectivity index (χ3n) is 2.38. The second kappa shape index (κ2) is 8.09. The highest BCUT2D eigenvalue weighted by Gasteiger charge is 2.13. The van der Waals surface area contributed by atoms with Gasteiger partial charge in [-0.05, 0) is 19.3 Å². The highest BCUT2D eigenvalue weighted by molar-refractivity contribution is 5.86. The Bertz CT molecular complexity index is 137. The van der Waals surface area contributed by atoms with Gasteiger partial charge in [0.1, 0.15) is 0 Å². The number of oxime groups is 1. The van der Waals surface area contributed by atoms with Gasteiger partial charge in [0, 0.05) is 5.92 Å². The first-order valence-electron chi connectivity index (χ1n) is 5.50. The summed E-state index contributed by atoms with van der Waals surface area (Å²) in [6.45, 7) is 6.49. The SMILES string of the molecule is CCC/C(=N\O)C(CCC)CCC. The fourth-order valence-electron chi connectivity index (χ4n) is 1.77. The summed E-state index contributed by atoms with van der Waals surface area (Å²) >= 11 is 0. The Morgan fingerprint density at radius 1 is 1.08 bits per heavy atom. The summed E-state index contributed by atoms with van der Waals surface area (Å²) in [5.41, 5.74) is 1.01. The van der Waals surface area contributed by atoms with Crippen LogP contribution < -0.4 is 0 Å². The molecule has 0 aliphatic carbocycles. The zero-order valence-electron chi connectivity index (χ0n) is 9.21. The van der Waals surface area contributed by atoms with Crippen LogP contribution in [0.1, 0.15) is 59.3 Å². The average Bonchev–Trinajstić information content (AvgIpc) is 2.14. The van der Waals surface area contributed by atoms with Crippen LogP contribution in [0.3, 0.4) is 0 Å². The van der Waals surface area contributed by atoms with Crippen LogP contribution in [0.4, 0.5) is 0 Å². The molecule has 0 aromatic carbocycles. The van der Waals surface area contributed by atoms with Crippen molar-refractivity contribution in [1.82, 2.24) is 0 Å². The van der Waals surface area contributed by atoms with E-state index in [2.05, 4.69) is 25.9 Å². The van der Waals surface area contributed by atoms with Gasteiger partial charge in [0.25, 0.3) is 0 Å². The van der Waals surface area contributed by atoms with Crippen LogP contribution in [-0.4, -0.2) is 10.9 Å². The Balaban J connectivity index is 4.12. The molecule has 0 radical (unpaired) electrons. The van der Waals surface area contributed by atoms with E-state index in [-0.39, 0.29) is 0 Å². The maximum atomic E-state index is 8.87. The van der Waals surface area contributed by atoms with Crippen LogP contribution in [0.5, 0.6) is 0 Å². The molecule has 0 saturated carbocycles. The van der Waals surface area contributed by atoms with E-state index < -0.39 is 0 Å². The number of rotatable bonds is 7. The van der Waals surface area contributed by atoms with Gasteiger partial charge < -0.3 is 5.21 Å². The van der Waals surface area contributed by atoms with Crippen LogP contribution >= 0.6 is 0 Å². The molecule has 13 heavy (non-hydrogen) atoms. The summed E-state index contributed by atoms with van der Waals surface area (Å²) in [5.74, 6) is 0.514. The number of hydrogen-bond donors (Lipinski definition) is 1. The largest absolute Gasteiger partial charge is 0.411 e. The molecule has 2 nitrogen and oxygen atoms in total. The molecule has 0 aliphatic heterocycles. The van der Waals surface area contributed by atoms with Crippen LogP contribution in [-0.2, 0) is 0 Å². The lowest BCUT2D eigenvalue weighted by Crippen LogP contribution is -2.14. The Hall–Kier alpha value is -0.530. The van der Waals surface area contributed by atoms with E-state index in [0.29, 0.717) is 5.92 Å². The molecular weight excluding hydrogens is 162 g/mol. The summed E-state index contributed by atoms with van der Waals surface area (Å²) in [6.07, 6.45) is 6.69. The predicted octanol–water partition coefficient (Wildman–Crippen LogP) is 3.83. The molecule has 0 aliphatic rings. The van der Waals surface area contributed by atoms with Gasteiger partial charge in [0.05, 0.1) is 5.71 Å². The maximum Gasteiger partial charge on any atom is 0.0601 e. The second-order valence-electron chi connectivity index (χ2n) is 3.62. The third kappa shape index (κ3) is 4.91. The molecular formula is C11H23NO. The quantitative estimate of drug-likeness (QED) is 0.365. The minimum absolute atomic E-state index is 0.514. The molecule has 0 saturated heterocycles. The molecule has 78 valence electrons. The van der Waals surface area contributed by atoms with Crippen molar-refractivity contribution in [2.45, 2.75) is 59.3 Å². The molecule has 0 fully saturated rings. The van der Waals surface area contributed by atoms with E-state index in [9.17, 15) is 0 Å². The topological polar surface area (TPSA) is 32.6 Å². The Morgan fingerprint density at radius 3 is 1.92 bits per heavy atom. The van der Waals surface area contributed by atoms with E-state index in [1.807, 2.05) is 0 Å². The Kier molecular flexibility index (Phi) is 7.76. The first-order chi connectivity index (χ1) is 6.29. The Labute approximate surface area is 82.0 Å². The van der Waals surface area contributed by atoms with E-state index in [4.69, 9.17) is 5.21 Å². The van der Waals surface area contributed by atoms with E-state index in [1.165, 1.54) is 12.8 Å². The van der Waals surface area contributed by atoms with Crippen molar-refractivity contribution >= 4 is 5.71 Å². The highest BCUT2D eigenvalue weighted by Crippen LogP contribution is 2.18. The molecule has 0 bridgehead atoms. The van der Waals surface area contributed by atoms with Gasteiger partial charge in [-0.1, -0.05) is 45.2 Å². The first kappa shape index (κ1) is 12.5. The predicted molar refractivity (Wildman–Crippen MR) is 57.4 cm³/mol. The van der Waals surface area contributed by atoms with Crippen molar-refractivity contribution in [2.75, 3.05) is 0 Å². The minimum atomic E-state index is 0.514. The first-order valence-corrected chi connectivity index (χ1v) is 5.50. The van der Waals surface area contributed by atoms with Crippen molar-refractivity contribution in [3.63, 3.8) is 0 Å². The van der Waals surface area contributed by atoms with Gasteiger partial charge in [-0.15, -0.1) is 0 Å². The fourth-order valence-corrected chi connectivity index (χ4v) is 1.77. The fraction of sp³-hybridized carbons (Fsp3) is 0.909. The van der Waals surface area contributed by atoms with Crippen molar-refractivity contribution in [1.29, 1.82) is 0 Å². The molecule has 0 unspecified atom stereocenters. The van der Waals surface area contributed by atoms with Crippen molar-refractivity contribution in [3.8, 4) is 0 Å². The second-order valence-corrected chi connectivity index (χ2v) is 3.62. The molecule has 0 aromatic rings. The van der Waals surface area contributed by atoms with Crippen LogP contribution in [0.25, 0.3) is 0 Å². The summed E-state index contributed by atoms with van der Waals surface area (Å²) in [4.78, 5) is 0. The molecule has 1 N–H and O–H groups in total. The Morgan fingerprint density at radius 2 is 1.62 bits per heavy atom. The number of nitrogens with zero attached hydrogens (tertiary/aromatic N) is 1. The monoisotopic (exact) mass is 185 g/mol. The van der Waals surface area contributed by atoms with Crippen LogP contribution in [0.15, 0.2) is 5.16 Å². The molecule has 0 spiro atoms. The summed E-state index contributed by atoms with van der Waals surface area (Å²) in [6, 6.07) is 0. The number of hydrogen-bond acceptors (Lipinski definition) is 2. The van der Waals surface area contributed by atoms with Gasteiger partial charge in [0.2, 0.25) is 0 Å². The lowest BCUT2D eigenvalue weighted by molar-refractivity contribution is 0.311. The summed E-state index contributed by atoms with van der Waals surface area (Å²) < 4.78 is 0. The van der Waals surface area contributed by atoms with Gasteiger partial charge >= 0.3 is 0 Å². The molecule has 0 heterocycles. The van der Waals surface area contributed by atoms with Crippen LogP contribution in [0, 0.1) is 5.92 Å². The summed E-state index contributed by atoms with van der Waals surface area (Å²) in [7, 11) is 0. The van der Waals surface area contributed by atoms with E-state index in [1.54, 1.807) is 0 Å². The molecule has 2 heteroatoms.